The lowest BCUT2D eigenvalue weighted by atomic mass is 10.1. The van der Waals surface area contributed by atoms with Crippen LogP contribution < -0.4 is 0 Å². The van der Waals surface area contributed by atoms with Crippen LogP contribution in [0.4, 0.5) is 0 Å². The van der Waals surface area contributed by atoms with E-state index >= 15 is 0 Å². The smallest absolute Gasteiger partial charge is 0.154 e. The summed E-state index contributed by atoms with van der Waals surface area (Å²) in [4.78, 5) is 2.43. The highest BCUT2D eigenvalue weighted by atomic mass is 16.5. The number of nitrogens with zero attached hydrogens (tertiary/aromatic N) is 2. The normalized spacial score (nSPS) is 19.5. The molecule has 0 bridgehead atoms. The quantitative estimate of drug-likeness (QED) is 0.927. The van der Waals surface area contributed by atoms with Gasteiger partial charge in [0, 0.05) is 12.6 Å². The second kappa shape index (κ2) is 5.90. The maximum absolute atomic E-state index is 9.37. The molecule has 1 saturated heterocycles. The number of aromatic hydroxyl groups is 1. The Balaban J connectivity index is 1.74. The van der Waals surface area contributed by atoms with E-state index in [0.717, 1.165) is 31.0 Å². The lowest BCUT2D eigenvalue weighted by Gasteiger charge is -2.22. The number of hydrogen-bond donors (Lipinski definition) is 1. The van der Waals surface area contributed by atoms with Crippen LogP contribution in [0.2, 0.25) is 0 Å². The molecule has 1 aromatic carbocycles. The van der Waals surface area contributed by atoms with Crippen LogP contribution in [0.15, 0.2) is 34.9 Å². The van der Waals surface area contributed by atoms with Gasteiger partial charge in [0.2, 0.25) is 0 Å². The second-order valence-corrected chi connectivity index (χ2v) is 6.10. The molecule has 2 aromatic rings. The van der Waals surface area contributed by atoms with Gasteiger partial charge in [-0.1, -0.05) is 31.1 Å². The highest BCUT2D eigenvalue weighted by Gasteiger charge is 2.29. The molecule has 1 atom stereocenters. The van der Waals surface area contributed by atoms with Crippen molar-refractivity contribution < 1.29 is 9.63 Å². The van der Waals surface area contributed by atoms with E-state index in [9.17, 15) is 5.11 Å². The molecule has 4 nitrogen and oxygen atoms in total. The molecule has 1 aliphatic rings. The summed E-state index contributed by atoms with van der Waals surface area (Å²) in [5, 5.41) is 13.5. The highest BCUT2D eigenvalue weighted by molar-refractivity contribution is 5.26. The molecule has 1 aliphatic heterocycles. The van der Waals surface area contributed by atoms with Gasteiger partial charge >= 0.3 is 0 Å². The number of likely N-dealkylation sites (tertiary alicyclic amines) is 1. The zero-order valence-electron chi connectivity index (χ0n) is 12.6. The summed E-state index contributed by atoms with van der Waals surface area (Å²) in [5.74, 6) is 1.69. The van der Waals surface area contributed by atoms with Crippen LogP contribution in [-0.2, 0) is 6.54 Å². The van der Waals surface area contributed by atoms with Crippen LogP contribution in [0.5, 0.6) is 5.75 Å². The summed E-state index contributed by atoms with van der Waals surface area (Å²) < 4.78 is 5.57. The number of aromatic nitrogens is 1. The molecule has 0 aliphatic carbocycles. The van der Waals surface area contributed by atoms with Crippen molar-refractivity contribution in [3.63, 3.8) is 0 Å². The third-order valence-corrected chi connectivity index (χ3v) is 4.15. The molecule has 1 N–H and O–H groups in total. The molecule has 1 unspecified atom stereocenters. The zero-order valence-corrected chi connectivity index (χ0v) is 12.6. The van der Waals surface area contributed by atoms with E-state index in [1.54, 1.807) is 12.1 Å². The van der Waals surface area contributed by atoms with Crippen molar-refractivity contribution in [2.75, 3.05) is 6.54 Å². The van der Waals surface area contributed by atoms with Crippen molar-refractivity contribution in [2.24, 2.45) is 0 Å². The third kappa shape index (κ3) is 3.10. The predicted molar refractivity (Wildman–Crippen MR) is 81.1 cm³/mol. The first-order chi connectivity index (χ1) is 10.1. The Labute approximate surface area is 125 Å². The predicted octanol–water partition coefficient (Wildman–Crippen LogP) is 3.84. The average molecular weight is 286 g/mol. The van der Waals surface area contributed by atoms with Gasteiger partial charge in [0.15, 0.2) is 5.76 Å². The molecule has 1 fully saturated rings. The van der Waals surface area contributed by atoms with Crippen LogP contribution in [0.1, 0.15) is 55.7 Å². The summed E-state index contributed by atoms with van der Waals surface area (Å²) in [6, 6.07) is 9.86. The molecule has 2 heterocycles. The van der Waals surface area contributed by atoms with Gasteiger partial charge in [-0.05, 0) is 43.0 Å². The topological polar surface area (TPSA) is 49.5 Å². The molecule has 0 radical (unpaired) electrons. The van der Waals surface area contributed by atoms with Crippen molar-refractivity contribution in [3.05, 3.63) is 47.3 Å². The van der Waals surface area contributed by atoms with Gasteiger partial charge < -0.3 is 9.63 Å². The molecule has 4 heteroatoms. The lowest BCUT2D eigenvalue weighted by Crippen LogP contribution is -2.22. The maximum Gasteiger partial charge on any atom is 0.154 e. The van der Waals surface area contributed by atoms with E-state index < -0.39 is 0 Å². The van der Waals surface area contributed by atoms with Crippen LogP contribution in [0.25, 0.3) is 0 Å². The average Bonchev–Trinajstić information content (AvgIpc) is 3.09. The first-order valence-electron chi connectivity index (χ1n) is 7.62. The van der Waals surface area contributed by atoms with E-state index in [1.807, 2.05) is 12.1 Å². The van der Waals surface area contributed by atoms with Gasteiger partial charge in [0.25, 0.3) is 0 Å². The van der Waals surface area contributed by atoms with Crippen LogP contribution in [0.3, 0.4) is 0 Å². The number of phenolic OH excluding ortho intramolecular Hbond substituents is 1. The lowest BCUT2D eigenvalue weighted by molar-refractivity contribution is 0.206. The van der Waals surface area contributed by atoms with Crippen molar-refractivity contribution in [2.45, 2.75) is 45.2 Å². The van der Waals surface area contributed by atoms with E-state index in [1.165, 1.54) is 12.0 Å². The van der Waals surface area contributed by atoms with E-state index in [-0.39, 0.29) is 0 Å². The van der Waals surface area contributed by atoms with E-state index in [4.69, 9.17) is 4.52 Å². The Kier molecular flexibility index (Phi) is 3.97. The largest absolute Gasteiger partial charge is 0.508 e. The Morgan fingerprint density at radius 2 is 2.10 bits per heavy atom. The van der Waals surface area contributed by atoms with Gasteiger partial charge in [0.05, 0.1) is 11.7 Å². The zero-order chi connectivity index (χ0) is 14.8. The molecular weight excluding hydrogens is 264 g/mol. The number of rotatable bonds is 4. The van der Waals surface area contributed by atoms with Gasteiger partial charge in [-0.2, -0.15) is 0 Å². The van der Waals surface area contributed by atoms with Gasteiger partial charge in [-0.3, -0.25) is 4.90 Å². The standard InChI is InChI=1S/C17H22N2O2/c1-12(2)15-10-17(21-18-15)16-4-3-9-19(16)11-13-5-7-14(20)8-6-13/h5-8,10,12,16,20H,3-4,9,11H2,1-2H3. The molecule has 0 amide bonds. The summed E-state index contributed by atoms with van der Waals surface area (Å²) >= 11 is 0. The van der Waals surface area contributed by atoms with Crippen LogP contribution in [0, 0.1) is 0 Å². The van der Waals surface area contributed by atoms with Crippen molar-refractivity contribution >= 4 is 0 Å². The van der Waals surface area contributed by atoms with E-state index in [2.05, 4.69) is 30.0 Å². The Morgan fingerprint density at radius 1 is 1.33 bits per heavy atom. The summed E-state index contributed by atoms with van der Waals surface area (Å²) in [6.45, 7) is 6.21. The first kappa shape index (κ1) is 14.1. The van der Waals surface area contributed by atoms with E-state index in [0.29, 0.717) is 17.7 Å². The Bertz CT molecular complexity index is 589. The monoisotopic (exact) mass is 286 g/mol. The summed E-state index contributed by atoms with van der Waals surface area (Å²) in [7, 11) is 0. The van der Waals surface area contributed by atoms with Crippen LogP contribution >= 0.6 is 0 Å². The number of hydrogen-bond acceptors (Lipinski definition) is 4. The Hall–Kier alpha value is -1.81. The third-order valence-electron chi connectivity index (χ3n) is 4.15. The molecule has 1 aromatic heterocycles. The minimum atomic E-state index is 0.313. The van der Waals surface area contributed by atoms with Crippen molar-refractivity contribution in [1.29, 1.82) is 0 Å². The van der Waals surface area contributed by atoms with Crippen molar-refractivity contribution in [3.8, 4) is 5.75 Å². The first-order valence-corrected chi connectivity index (χ1v) is 7.62. The molecule has 0 spiro atoms. The van der Waals surface area contributed by atoms with Crippen molar-refractivity contribution in [1.82, 2.24) is 10.1 Å². The summed E-state index contributed by atoms with van der Waals surface area (Å²) in [6.07, 6.45) is 2.30. The Morgan fingerprint density at radius 3 is 2.76 bits per heavy atom. The number of phenols is 1. The highest BCUT2D eigenvalue weighted by Crippen LogP contribution is 2.34. The van der Waals surface area contributed by atoms with Crippen LogP contribution in [-0.4, -0.2) is 21.7 Å². The summed E-state index contributed by atoms with van der Waals surface area (Å²) in [5.41, 5.74) is 2.24. The van der Waals surface area contributed by atoms with Gasteiger partial charge in [-0.25, -0.2) is 0 Å². The molecule has 3 rings (SSSR count). The SMILES string of the molecule is CC(C)c1cc(C2CCCN2Cc2ccc(O)cc2)on1. The molecule has 112 valence electrons. The second-order valence-electron chi connectivity index (χ2n) is 6.10. The minimum absolute atomic E-state index is 0.313. The fraction of sp³-hybridized carbons (Fsp3) is 0.471. The van der Waals surface area contributed by atoms with Gasteiger partial charge in [-0.15, -0.1) is 0 Å². The number of benzene rings is 1. The molecule has 0 saturated carbocycles. The van der Waals surface area contributed by atoms with Gasteiger partial charge in [0.1, 0.15) is 5.75 Å². The molecule has 21 heavy (non-hydrogen) atoms. The minimum Gasteiger partial charge on any atom is -0.508 e. The maximum atomic E-state index is 9.37. The molecular formula is C17H22N2O2. The fourth-order valence-electron chi connectivity index (χ4n) is 2.91. The fourth-order valence-corrected chi connectivity index (χ4v) is 2.91.